The molecule has 0 bridgehead atoms. The number of ether oxygens (including phenoxy) is 2. The molecule has 1 aromatic rings. The van der Waals surface area contributed by atoms with Crippen LogP contribution in [0.1, 0.15) is 24.2 Å². The molecule has 0 radical (unpaired) electrons. The van der Waals surface area contributed by atoms with Crippen LogP contribution in [0.4, 0.5) is 0 Å². The highest BCUT2D eigenvalue weighted by Crippen LogP contribution is 2.26. The fourth-order valence-electron chi connectivity index (χ4n) is 2.49. The van der Waals surface area contributed by atoms with E-state index in [1.54, 1.807) is 13.8 Å². The maximum absolute atomic E-state index is 12.7. The topological polar surface area (TPSA) is 93.1 Å². The zero-order chi connectivity index (χ0) is 16.5. The molecule has 1 aliphatic heterocycles. The smallest absolute Gasteiger partial charge is 0.339 e. The molecule has 8 heteroatoms. The van der Waals surface area contributed by atoms with Gasteiger partial charge in [-0.15, -0.1) is 0 Å². The normalized spacial score (nSPS) is 23.2. The van der Waals surface area contributed by atoms with Crippen molar-refractivity contribution in [2.45, 2.75) is 31.0 Å². The summed E-state index contributed by atoms with van der Waals surface area (Å²) in [5.41, 5.74) is -0.182. The SMILES string of the molecule is COc1ccc(S(=O)(=O)N2C[C@@H](C)O[C@H](C)C2)cc1C(=O)O. The van der Waals surface area contributed by atoms with E-state index in [4.69, 9.17) is 9.47 Å². The van der Waals surface area contributed by atoms with Crippen molar-refractivity contribution in [2.24, 2.45) is 0 Å². The number of carbonyl (C=O) groups is 1. The van der Waals surface area contributed by atoms with Crippen LogP contribution in [0.25, 0.3) is 0 Å². The lowest BCUT2D eigenvalue weighted by Crippen LogP contribution is -2.48. The molecular weight excluding hydrogens is 310 g/mol. The number of rotatable bonds is 4. The van der Waals surface area contributed by atoms with Crippen LogP contribution in [0.15, 0.2) is 23.1 Å². The van der Waals surface area contributed by atoms with Crippen LogP contribution in [0.3, 0.4) is 0 Å². The van der Waals surface area contributed by atoms with E-state index in [2.05, 4.69) is 0 Å². The molecule has 0 aromatic heterocycles. The van der Waals surface area contributed by atoms with Crippen LogP contribution < -0.4 is 4.74 Å². The number of carboxylic acid groups (broad SMARTS) is 1. The van der Waals surface area contributed by atoms with Crippen LogP contribution in [0.2, 0.25) is 0 Å². The summed E-state index contributed by atoms with van der Waals surface area (Å²) in [7, 11) is -2.44. The Morgan fingerprint density at radius 2 is 1.91 bits per heavy atom. The van der Waals surface area contributed by atoms with Gasteiger partial charge in [0.15, 0.2) is 0 Å². The van der Waals surface area contributed by atoms with Gasteiger partial charge < -0.3 is 14.6 Å². The van der Waals surface area contributed by atoms with Crippen LogP contribution in [0.5, 0.6) is 5.75 Å². The minimum Gasteiger partial charge on any atom is -0.496 e. The van der Waals surface area contributed by atoms with Crippen molar-refractivity contribution in [3.8, 4) is 5.75 Å². The first kappa shape index (κ1) is 16.7. The van der Waals surface area contributed by atoms with Crippen molar-refractivity contribution in [1.82, 2.24) is 4.31 Å². The molecule has 1 heterocycles. The molecule has 1 saturated heterocycles. The number of aromatic carboxylic acids is 1. The lowest BCUT2D eigenvalue weighted by molar-refractivity contribution is -0.0440. The number of carboxylic acids is 1. The number of morpholine rings is 1. The molecular formula is C14H19NO6S. The van der Waals surface area contributed by atoms with Gasteiger partial charge in [-0.1, -0.05) is 0 Å². The van der Waals surface area contributed by atoms with Crippen molar-refractivity contribution in [1.29, 1.82) is 0 Å². The maximum Gasteiger partial charge on any atom is 0.339 e. The molecule has 1 aliphatic rings. The minimum atomic E-state index is -3.77. The zero-order valence-electron chi connectivity index (χ0n) is 12.6. The molecule has 0 aliphatic carbocycles. The fraction of sp³-hybridized carbons (Fsp3) is 0.500. The largest absolute Gasteiger partial charge is 0.496 e. The van der Waals surface area contributed by atoms with Crippen LogP contribution >= 0.6 is 0 Å². The van der Waals surface area contributed by atoms with Crippen molar-refractivity contribution < 1.29 is 27.8 Å². The summed E-state index contributed by atoms with van der Waals surface area (Å²) in [5, 5.41) is 9.17. The average molecular weight is 329 g/mol. The van der Waals surface area contributed by atoms with Gasteiger partial charge in [-0.2, -0.15) is 4.31 Å². The number of methoxy groups -OCH3 is 1. The van der Waals surface area contributed by atoms with Gasteiger partial charge in [0.1, 0.15) is 11.3 Å². The Morgan fingerprint density at radius 1 is 1.32 bits per heavy atom. The lowest BCUT2D eigenvalue weighted by atomic mass is 10.2. The van der Waals surface area contributed by atoms with Crippen LogP contribution in [-0.2, 0) is 14.8 Å². The summed E-state index contributed by atoms with van der Waals surface area (Å²) >= 11 is 0. The van der Waals surface area contributed by atoms with Gasteiger partial charge in [0.25, 0.3) is 0 Å². The predicted molar refractivity (Wildman–Crippen MR) is 78.7 cm³/mol. The third kappa shape index (κ3) is 3.23. The van der Waals surface area contributed by atoms with Gasteiger partial charge in [-0.25, -0.2) is 13.2 Å². The lowest BCUT2D eigenvalue weighted by Gasteiger charge is -2.34. The van der Waals surface area contributed by atoms with Crippen LogP contribution in [-0.4, -0.2) is 56.2 Å². The highest BCUT2D eigenvalue weighted by molar-refractivity contribution is 7.89. The molecule has 122 valence electrons. The summed E-state index contributed by atoms with van der Waals surface area (Å²) in [6.45, 7) is 4.08. The first-order valence-electron chi connectivity index (χ1n) is 6.82. The summed E-state index contributed by atoms with van der Waals surface area (Å²) in [6.07, 6.45) is -0.425. The maximum atomic E-state index is 12.7. The quantitative estimate of drug-likeness (QED) is 0.892. The molecule has 2 rings (SSSR count). The van der Waals surface area contributed by atoms with Gasteiger partial charge in [-0.05, 0) is 32.0 Å². The van der Waals surface area contributed by atoms with E-state index in [1.807, 2.05) is 0 Å². The van der Waals surface area contributed by atoms with Crippen LogP contribution in [0, 0.1) is 0 Å². The zero-order valence-corrected chi connectivity index (χ0v) is 13.5. The second-order valence-corrected chi connectivity index (χ2v) is 7.18. The Morgan fingerprint density at radius 3 is 2.41 bits per heavy atom. The molecule has 1 N–H and O–H groups in total. The second kappa shape index (κ2) is 6.23. The summed E-state index contributed by atoms with van der Waals surface area (Å²) in [4.78, 5) is 11.2. The average Bonchev–Trinajstić information content (AvgIpc) is 2.45. The van der Waals surface area contributed by atoms with Crippen molar-refractivity contribution in [2.75, 3.05) is 20.2 Å². The summed E-state index contributed by atoms with van der Waals surface area (Å²) < 4.78 is 37.2. The molecule has 22 heavy (non-hydrogen) atoms. The Hall–Kier alpha value is -1.64. The fourth-order valence-corrected chi connectivity index (χ4v) is 4.11. The standard InChI is InChI=1S/C14H19NO6S/c1-9-7-15(8-10(2)21-9)22(18,19)11-4-5-13(20-3)12(6-11)14(16)17/h4-6,9-10H,7-8H2,1-3H3,(H,16,17)/t9-,10-/m1/s1. The first-order chi connectivity index (χ1) is 10.3. The molecule has 0 spiro atoms. The Bertz CT molecular complexity index is 662. The number of hydrogen-bond acceptors (Lipinski definition) is 5. The molecule has 2 atom stereocenters. The van der Waals surface area contributed by atoms with E-state index in [0.29, 0.717) is 0 Å². The van der Waals surface area contributed by atoms with Crippen molar-refractivity contribution in [3.63, 3.8) is 0 Å². The third-order valence-corrected chi connectivity index (χ3v) is 5.25. The number of hydrogen-bond donors (Lipinski definition) is 1. The molecule has 0 saturated carbocycles. The van der Waals surface area contributed by atoms with E-state index in [9.17, 15) is 18.3 Å². The molecule has 1 aromatic carbocycles. The Balaban J connectivity index is 2.41. The van der Waals surface area contributed by atoms with E-state index >= 15 is 0 Å². The van der Waals surface area contributed by atoms with E-state index < -0.39 is 16.0 Å². The third-order valence-electron chi connectivity index (χ3n) is 3.43. The van der Waals surface area contributed by atoms with Gasteiger partial charge >= 0.3 is 5.97 Å². The monoisotopic (exact) mass is 329 g/mol. The number of nitrogens with zero attached hydrogens (tertiary/aromatic N) is 1. The van der Waals surface area contributed by atoms with Crippen molar-refractivity contribution in [3.05, 3.63) is 23.8 Å². The van der Waals surface area contributed by atoms with Gasteiger partial charge in [0.05, 0.1) is 24.2 Å². The van der Waals surface area contributed by atoms with E-state index in [0.717, 1.165) is 6.07 Å². The van der Waals surface area contributed by atoms with Crippen molar-refractivity contribution >= 4 is 16.0 Å². The number of sulfonamides is 1. The van der Waals surface area contributed by atoms with Gasteiger partial charge in [0.2, 0.25) is 10.0 Å². The molecule has 7 nitrogen and oxygen atoms in total. The summed E-state index contributed by atoms with van der Waals surface area (Å²) in [5.74, 6) is -1.12. The van der Waals surface area contributed by atoms with E-state index in [-0.39, 0.29) is 41.5 Å². The van der Waals surface area contributed by atoms with Gasteiger partial charge in [0, 0.05) is 13.1 Å². The summed E-state index contributed by atoms with van der Waals surface area (Å²) in [6, 6.07) is 3.83. The molecule has 1 fully saturated rings. The Kier molecular flexibility index (Phi) is 4.74. The highest BCUT2D eigenvalue weighted by Gasteiger charge is 2.32. The number of benzene rings is 1. The first-order valence-corrected chi connectivity index (χ1v) is 8.26. The van der Waals surface area contributed by atoms with E-state index in [1.165, 1.54) is 23.5 Å². The molecule has 0 amide bonds. The second-order valence-electron chi connectivity index (χ2n) is 5.25. The molecule has 0 unspecified atom stereocenters. The highest BCUT2D eigenvalue weighted by atomic mass is 32.2. The minimum absolute atomic E-state index is 0.0630. The predicted octanol–water partition coefficient (Wildman–Crippen LogP) is 1.19. The Labute approximate surface area is 129 Å². The van der Waals surface area contributed by atoms with Gasteiger partial charge in [-0.3, -0.25) is 0 Å².